The van der Waals surface area contributed by atoms with Crippen molar-refractivity contribution in [3.63, 3.8) is 0 Å². The summed E-state index contributed by atoms with van der Waals surface area (Å²) in [5, 5.41) is 9.14. The van der Waals surface area contributed by atoms with Crippen molar-refractivity contribution < 1.29 is 13.9 Å². The van der Waals surface area contributed by atoms with Crippen LogP contribution in [0.25, 0.3) is 0 Å². The number of nitrogens with zero attached hydrogens (tertiary/aromatic N) is 3. The molecule has 2 saturated carbocycles. The maximum atomic E-state index is 14.2. The molecule has 2 heterocycles. The van der Waals surface area contributed by atoms with Crippen molar-refractivity contribution in [3.05, 3.63) is 47.5 Å². The van der Waals surface area contributed by atoms with E-state index in [2.05, 4.69) is 16.0 Å². The molecule has 158 valence electrons. The molecule has 0 aromatic carbocycles. The highest BCUT2D eigenvalue weighted by molar-refractivity contribution is 5.27. The first kappa shape index (κ1) is 20.6. The number of halogens is 1. The van der Waals surface area contributed by atoms with E-state index in [1.807, 2.05) is 12.1 Å². The van der Waals surface area contributed by atoms with Crippen LogP contribution in [0.15, 0.2) is 30.6 Å². The van der Waals surface area contributed by atoms with Crippen LogP contribution in [0.3, 0.4) is 0 Å². The molecule has 2 aromatic rings. The molecule has 6 heteroatoms. The van der Waals surface area contributed by atoms with Crippen LogP contribution in [0.4, 0.5) is 4.39 Å². The van der Waals surface area contributed by atoms with Gasteiger partial charge in [0.1, 0.15) is 5.82 Å². The fraction of sp³-hybridized carbons (Fsp3) is 0.542. The number of rotatable bonds is 8. The van der Waals surface area contributed by atoms with Crippen LogP contribution in [0.5, 0.6) is 11.8 Å². The molecule has 0 saturated heterocycles. The number of nitriles is 1. The van der Waals surface area contributed by atoms with Crippen molar-refractivity contribution in [2.24, 2.45) is 11.8 Å². The van der Waals surface area contributed by atoms with E-state index >= 15 is 0 Å². The van der Waals surface area contributed by atoms with E-state index in [1.54, 1.807) is 19.4 Å². The van der Waals surface area contributed by atoms with E-state index in [4.69, 9.17) is 14.7 Å². The van der Waals surface area contributed by atoms with Gasteiger partial charge in [-0.15, -0.1) is 0 Å². The molecule has 30 heavy (non-hydrogen) atoms. The summed E-state index contributed by atoms with van der Waals surface area (Å²) in [7, 11) is 1.55. The molecule has 0 spiro atoms. The lowest BCUT2D eigenvalue weighted by atomic mass is 9.79. The van der Waals surface area contributed by atoms with Gasteiger partial charge in [0.25, 0.3) is 0 Å². The van der Waals surface area contributed by atoms with Crippen LogP contribution in [0, 0.1) is 29.0 Å². The first-order chi connectivity index (χ1) is 14.7. The van der Waals surface area contributed by atoms with Crippen LogP contribution in [0.2, 0.25) is 0 Å². The molecule has 0 radical (unpaired) electrons. The van der Waals surface area contributed by atoms with Gasteiger partial charge >= 0.3 is 0 Å². The molecule has 5 nitrogen and oxygen atoms in total. The number of ether oxygens (including phenoxy) is 2. The molecule has 0 amide bonds. The predicted molar refractivity (Wildman–Crippen MR) is 111 cm³/mol. The van der Waals surface area contributed by atoms with Crippen LogP contribution >= 0.6 is 0 Å². The Hall–Kier alpha value is -2.68. The Kier molecular flexibility index (Phi) is 6.47. The number of methoxy groups -OCH3 is 1. The topological polar surface area (TPSA) is 68.0 Å². The Morgan fingerprint density at radius 3 is 2.63 bits per heavy atom. The Morgan fingerprint density at radius 2 is 1.93 bits per heavy atom. The minimum Gasteiger partial charge on any atom is -0.481 e. The maximum Gasteiger partial charge on any atom is 0.213 e. The zero-order valence-electron chi connectivity index (χ0n) is 17.4. The Labute approximate surface area is 177 Å². The molecular weight excluding hydrogens is 381 g/mol. The average molecular weight is 410 g/mol. The van der Waals surface area contributed by atoms with Gasteiger partial charge in [0, 0.05) is 24.8 Å². The molecule has 2 aliphatic rings. The lowest BCUT2D eigenvalue weighted by molar-refractivity contribution is 0.193. The van der Waals surface area contributed by atoms with Crippen molar-refractivity contribution in [2.45, 2.75) is 56.8 Å². The Bertz CT molecular complexity index is 902. The van der Waals surface area contributed by atoms with Gasteiger partial charge in [-0.3, -0.25) is 0 Å². The van der Waals surface area contributed by atoms with Crippen molar-refractivity contribution in [1.82, 2.24) is 9.97 Å². The number of hydrogen-bond acceptors (Lipinski definition) is 5. The van der Waals surface area contributed by atoms with E-state index in [9.17, 15) is 4.39 Å². The second-order valence-corrected chi connectivity index (χ2v) is 8.51. The van der Waals surface area contributed by atoms with Crippen LogP contribution in [0.1, 0.15) is 67.9 Å². The van der Waals surface area contributed by atoms with Crippen molar-refractivity contribution in [2.75, 3.05) is 13.7 Å². The summed E-state index contributed by atoms with van der Waals surface area (Å²) < 4.78 is 25.4. The molecule has 2 aliphatic carbocycles. The zero-order valence-corrected chi connectivity index (χ0v) is 17.4. The van der Waals surface area contributed by atoms with Crippen molar-refractivity contribution in [1.29, 1.82) is 5.26 Å². The van der Waals surface area contributed by atoms with Crippen LogP contribution < -0.4 is 9.47 Å². The normalized spacial score (nSPS) is 22.2. The fourth-order valence-corrected chi connectivity index (χ4v) is 4.59. The Balaban J connectivity index is 1.31. The highest BCUT2D eigenvalue weighted by Gasteiger charge is 2.32. The van der Waals surface area contributed by atoms with Gasteiger partial charge in [-0.2, -0.15) is 5.26 Å². The molecule has 2 aromatic heterocycles. The largest absolute Gasteiger partial charge is 0.481 e. The van der Waals surface area contributed by atoms with E-state index < -0.39 is 0 Å². The first-order valence-corrected chi connectivity index (χ1v) is 10.8. The fourth-order valence-electron chi connectivity index (χ4n) is 4.59. The number of hydrogen-bond donors (Lipinski definition) is 0. The third-order valence-corrected chi connectivity index (χ3v) is 6.51. The summed E-state index contributed by atoms with van der Waals surface area (Å²) in [5.74, 6) is 2.41. The second-order valence-electron chi connectivity index (χ2n) is 8.51. The lowest BCUT2D eigenvalue weighted by Crippen LogP contribution is -2.20. The van der Waals surface area contributed by atoms with Gasteiger partial charge in [0.15, 0.2) is 0 Å². The SMILES string of the molecule is COc1cc(C2CCC(COc3cc([C@@H](CC#N)C4CC4)ccn3)CC2)c(F)cn1. The molecule has 0 bridgehead atoms. The van der Waals surface area contributed by atoms with Crippen molar-refractivity contribution >= 4 is 0 Å². The minimum atomic E-state index is -0.251. The molecule has 1 atom stereocenters. The Morgan fingerprint density at radius 1 is 1.13 bits per heavy atom. The number of aromatic nitrogens is 2. The van der Waals surface area contributed by atoms with Crippen molar-refractivity contribution in [3.8, 4) is 17.8 Å². The standard InChI is InChI=1S/C24H28FN3O2/c1-29-23-13-21(22(25)14-28-23)18-4-2-16(3-5-18)15-30-24-12-19(9-11-27-24)20(8-10-26)17-6-7-17/h9,11-14,16-18,20H,2-8,15H2,1H3/t16?,18?,20-/m0/s1. The van der Waals surface area contributed by atoms with E-state index in [0.29, 0.717) is 48.1 Å². The van der Waals surface area contributed by atoms with Crippen LogP contribution in [-0.2, 0) is 0 Å². The van der Waals surface area contributed by atoms with Gasteiger partial charge in [-0.05, 0) is 79.4 Å². The number of pyridine rings is 2. The molecule has 2 fully saturated rings. The molecule has 0 unspecified atom stereocenters. The third kappa shape index (κ3) is 4.89. The predicted octanol–water partition coefficient (Wildman–Crippen LogP) is 5.38. The van der Waals surface area contributed by atoms with Gasteiger partial charge in [-0.1, -0.05) is 0 Å². The maximum absolute atomic E-state index is 14.2. The molecule has 4 rings (SSSR count). The highest BCUT2D eigenvalue weighted by atomic mass is 19.1. The summed E-state index contributed by atoms with van der Waals surface area (Å²) in [5.41, 5.74) is 1.87. The first-order valence-electron chi connectivity index (χ1n) is 10.8. The van der Waals surface area contributed by atoms with Crippen LogP contribution in [-0.4, -0.2) is 23.7 Å². The van der Waals surface area contributed by atoms with E-state index in [0.717, 1.165) is 31.2 Å². The average Bonchev–Trinajstić information content (AvgIpc) is 3.62. The summed E-state index contributed by atoms with van der Waals surface area (Å²) in [6.45, 7) is 0.623. The summed E-state index contributed by atoms with van der Waals surface area (Å²) in [4.78, 5) is 8.30. The second kappa shape index (κ2) is 9.42. The smallest absolute Gasteiger partial charge is 0.213 e. The highest BCUT2D eigenvalue weighted by Crippen LogP contribution is 2.44. The van der Waals surface area contributed by atoms with Gasteiger partial charge in [-0.25, -0.2) is 14.4 Å². The quantitative estimate of drug-likeness (QED) is 0.585. The summed E-state index contributed by atoms with van der Waals surface area (Å²) in [6.07, 6.45) is 9.85. The summed E-state index contributed by atoms with van der Waals surface area (Å²) in [6, 6.07) is 8.06. The van der Waals surface area contributed by atoms with Gasteiger partial charge < -0.3 is 9.47 Å². The van der Waals surface area contributed by atoms with Gasteiger partial charge in [0.05, 0.1) is 26.0 Å². The minimum absolute atomic E-state index is 0.199. The monoisotopic (exact) mass is 409 g/mol. The van der Waals surface area contributed by atoms with E-state index in [-0.39, 0.29) is 11.7 Å². The zero-order chi connectivity index (χ0) is 20.9. The van der Waals surface area contributed by atoms with E-state index in [1.165, 1.54) is 19.0 Å². The molecule has 0 aliphatic heterocycles. The molecule has 0 N–H and O–H groups in total. The lowest BCUT2D eigenvalue weighted by Gasteiger charge is -2.29. The summed E-state index contributed by atoms with van der Waals surface area (Å²) >= 11 is 0. The van der Waals surface area contributed by atoms with Gasteiger partial charge in [0.2, 0.25) is 11.8 Å². The third-order valence-electron chi connectivity index (χ3n) is 6.51. The molecular formula is C24H28FN3O2.